The number of aliphatic hydroxyl groups is 4. The molecule has 0 radical (unpaired) electrons. The molecule has 0 aromatic carbocycles. The number of hydrogen-bond acceptors (Lipinski definition) is 17. The quantitative estimate of drug-likeness (QED) is 0.0784. The van der Waals surface area contributed by atoms with E-state index in [-0.39, 0.29) is 67.8 Å². The van der Waals surface area contributed by atoms with Crippen molar-refractivity contribution in [2.24, 2.45) is 23.7 Å². The molecule has 9 N–H and O–H groups in total. The topological polar surface area (TPSA) is 312 Å². The Bertz CT molecular complexity index is 1890. The van der Waals surface area contributed by atoms with Gasteiger partial charge in [0.1, 0.15) is 36.3 Å². The van der Waals surface area contributed by atoms with Gasteiger partial charge in [-0.15, -0.1) is 0 Å². The van der Waals surface area contributed by atoms with Crippen LogP contribution >= 0.6 is 0 Å². The average Bonchev–Trinajstić information content (AvgIpc) is 3.62. The SMILES string of the molecule is CC[C@H](C)C[C@H]1CC[C@](O)([C@](C)(O)C(=O)N[C@@H]2C(=O)N3NCCC[13C@@H]3[13C](=O)N(O)[C@H](C)C(=O)N3NC[C@H](O)C[13C@@H]3[13C](=O)N3CC[C@@](C)(O)[C@H]3C(=O)N(O)[C@@H](C(C)C)C(=O)O[C@H]2C(C)C)O[C@@H]1CC. The molecule has 23 nitrogen and oxygen atoms in total. The van der Waals surface area contributed by atoms with Gasteiger partial charge in [0.15, 0.2) is 11.6 Å². The van der Waals surface area contributed by atoms with E-state index in [0.717, 1.165) is 41.6 Å². The first kappa shape index (κ1) is 54.9. The Morgan fingerprint density at radius 2 is 1.53 bits per heavy atom. The Labute approximate surface area is 397 Å². The van der Waals surface area contributed by atoms with Gasteiger partial charge in [-0.05, 0) is 83.0 Å². The highest BCUT2D eigenvalue weighted by molar-refractivity contribution is 5.98. The van der Waals surface area contributed by atoms with Crippen molar-refractivity contribution in [3.8, 4) is 0 Å². The number of amides is 6. The molecular formula is C45H76N8O15. The molecule has 0 unspecified atom stereocenters. The number of carbonyl (C=O) groups is 7. The highest BCUT2D eigenvalue weighted by Crippen LogP contribution is 2.42. The van der Waals surface area contributed by atoms with Crippen LogP contribution in [-0.4, -0.2) is 188 Å². The first-order valence-electron chi connectivity index (χ1n) is 24.2. The van der Waals surface area contributed by atoms with E-state index < -0.39 is 125 Å². The van der Waals surface area contributed by atoms with Crippen molar-refractivity contribution in [3.63, 3.8) is 0 Å². The van der Waals surface area contributed by atoms with Crippen molar-refractivity contribution in [3.05, 3.63) is 0 Å². The molecule has 6 amide bonds. The number of rotatable bonds is 9. The summed E-state index contributed by atoms with van der Waals surface area (Å²) in [5, 5.41) is 73.8. The van der Waals surface area contributed by atoms with Crippen LogP contribution in [0, 0.1) is 23.7 Å². The van der Waals surface area contributed by atoms with Crippen LogP contribution in [0.5, 0.6) is 0 Å². The summed E-state index contributed by atoms with van der Waals surface area (Å²) in [5.41, 5.74) is 0.710. The van der Waals surface area contributed by atoms with E-state index in [1.165, 1.54) is 34.6 Å². The summed E-state index contributed by atoms with van der Waals surface area (Å²) in [5.74, 6) is -12.1. The van der Waals surface area contributed by atoms with Crippen molar-refractivity contribution < 1.29 is 73.9 Å². The third-order valence-corrected chi connectivity index (χ3v) is 14.7. The molecule has 0 aromatic rings. The Kier molecular flexibility index (Phi) is 17.4. The van der Waals surface area contributed by atoms with E-state index in [1.807, 2.05) is 6.92 Å². The number of nitrogens with zero attached hydrogens (tertiary/aromatic N) is 5. The number of cyclic esters (lactones) is 1. The first-order valence-corrected chi connectivity index (χ1v) is 24.2. The van der Waals surface area contributed by atoms with Crippen LogP contribution in [0.1, 0.15) is 127 Å². The third kappa shape index (κ3) is 10.8. The van der Waals surface area contributed by atoms with E-state index >= 15 is 4.79 Å². The largest absolute Gasteiger partial charge is 0.458 e. The molecule has 0 bridgehead atoms. The maximum atomic E-state index is 15.1. The molecule has 0 saturated carbocycles. The van der Waals surface area contributed by atoms with Crippen LogP contribution in [0.2, 0.25) is 0 Å². The second-order valence-corrected chi connectivity index (χ2v) is 20.6. The van der Waals surface area contributed by atoms with Gasteiger partial charge in [-0.2, -0.15) is 0 Å². The van der Waals surface area contributed by atoms with Gasteiger partial charge in [0.05, 0.1) is 17.8 Å². The number of fused-ring (bicyclic) bond motifs is 3. The maximum Gasteiger partial charge on any atom is 0.332 e. The van der Waals surface area contributed by atoms with E-state index in [4.69, 9.17) is 9.47 Å². The number of carbonyl (C=O) groups excluding carboxylic acids is 7. The normalized spacial score (nSPS) is 36.6. The van der Waals surface area contributed by atoms with Crippen LogP contribution in [0.3, 0.4) is 0 Å². The zero-order chi connectivity index (χ0) is 51.0. The molecule has 5 aliphatic heterocycles. The molecule has 0 spiro atoms. The van der Waals surface area contributed by atoms with Crippen molar-refractivity contribution in [1.82, 2.24) is 41.2 Å². The third-order valence-electron chi connectivity index (χ3n) is 14.7. The van der Waals surface area contributed by atoms with E-state index in [2.05, 4.69) is 30.0 Å². The smallest absolute Gasteiger partial charge is 0.332 e. The van der Waals surface area contributed by atoms with Crippen LogP contribution in [0.15, 0.2) is 0 Å². The van der Waals surface area contributed by atoms with E-state index in [1.54, 1.807) is 0 Å². The molecule has 0 aromatic heterocycles. The number of hydrazine groups is 2. The maximum absolute atomic E-state index is 15.1. The van der Waals surface area contributed by atoms with Crippen LogP contribution in [0.25, 0.3) is 0 Å². The van der Waals surface area contributed by atoms with E-state index in [0.29, 0.717) is 18.8 Å². The molecule has 5 saturated heterocycles. The van der Waals surface area contributed by atoms with Crippen LogP contribution in [-0.2, 0) is 43.0 Å². The number of β-amino-alcohol motifs (C(OH)–C–C–N with tert-alkyl or cyclic N) is 1. The molecular weight excluding hydrogens is 897 g/mol. The molecule has 386 valence electrons. The highest BCUT2D eigenvalue weighted by atomic mass is 16.7. The Balaban J connectivity index is 1.62. The number of hydrogen-bond donors (Lipinski definition) is 9. The molecule has 5 heterocycles. The minimum Gasteiger partial charge on any atom is -0.458 e. The van der Waals surface area contributed by atoms with Gasteiger partial charge in [0.25, 0.3) is 29.5 Å². The van der Waals surface area contributed by atoms with Crippen molar-refractivity contribution in [2.75, 3.05) is 19.6 Å². The lowest BCUT2D eigenvalue weighted by atomic mass is 9.78. The molecule has 5 rings (SSSR count). The molecule has 23 heteroatoms. The van der Waals surface area contributed by atoms with Gasteiger partial charge in [-0.1, -0.05) is 54.9 Å². The predicted molar refractivity (Wildman–Crippen MR) is 237 cm³/mol. The van der Waals surface area contributed by atoms with Gasteiger partial charge < -0.3 is 40.1 Å². The summed E-state index contributed by atoms with van der Waals surface area (Å²) in [6, 6.07) is -10.6. The van der Waals surface area contributed by atoms with Gasteiger partial charge >= 0.3 is 5.97 Å². The van der Waals surface area contributed by atoms with Crippen LogP contribution < -0.4 is 16.2 Å². The second-order valence-electron chi connectivity index (χ2n) is 20.6. The Morgan fingerprint density at radius 3 is 2.13 bits per heavy atom. The number of ether oxygens (including phenoxy) is 2. The molecule has 5 aliphatic rings. The fraction of sp³-hybridized carbons (Fsp3) is 0.844. The zero-order valence-corrected chi connectivity index (χ0v) is 41.1. The van der Waals surface area contributed by atoms with Gasteiger partial charge in [-0.3, -0.25) is 49.2 Å². The number of hydroxylamine groups is 4. The lowest BCUT2D eigenvalue weighted by Gasteiger charge is -2.48. The summed E-state index contributed by atoms with van der Waals surface area (Å²) in [7, 11) is 0. The lowest BCUT2D eigenvalue weighted by molar-refractivity contribution is -0.329. The Hall–Kier alpha value is -4.07. The number of aliphatic hydroxyl groups excluding tert-OH is 1. The summed E-state index contributed by atoms with van der Waals surface area (Å²) in [6.45, 7) is 15.0. The monoisotopic (exact) mass is 973 g/mol. The summed E-state index contributed by atoms with van der Waals surface area (Å²) < 4.78 is 12.2. The minimum atomic E-state index is -2.76. The molecule has 68 heavy (non-hydrogen) atoms. The van der Waals surface area contributed by atoms with Gasteiger partial charge in [-0.25, -0.2) is 25.8 Å². The highest BCUT2D eigenvalue weighted by Gasteiger charge is 2.59. The zero-order valence-electron chi connectivity index (χ0n) is 41.1. The molecule has 0 aliphatic carbocycles. The number of esters is 1. The molecule has 14 atom stereocenters. The van der Waals surface area contributed by atoms with Crippen molar-refractivity contribution in [1.29, 1.82) is 0 Å². The minimum absolute atomic E-state index is 0.0101. The summed E-state index contributed by atoms with van der Waals surface area (Å²) in [6.07, 6.45) is -1.48. The average molecular weight is 973 g/mol. The van der Waals surface area contributed by atoms with Gasteiger partial charge in [0.2, 0.25) is 11.7 Å². The molecule has 5 fully saturated rings. The van der Waals surface area contributed by atoms with Crippen molar-refractivity contribution in [2.45, 2.75) is 199 Å². The number of nitrogens with one attached hydrogen (secondary N) is 3. The van der Waals surface area contributed by atoms with Gasteiger partial charge in [0, 0.05) is 32.5 Å². The predicted octanol–water partition coefficient (Wildman–Crippen LogP) is -0.704. The fourth-order valence-electron chi connectivity index (χ4n) is 10.1. The second kappa shape index (κ2) is 21.5. The standard InChI is InChI=1S/C45H76N8O15/c1-11-25(7)20-27-15-16-45(64,68-31(27)12-2)44(10,63)42(61)48-32-34(24(5)6)67-41(60)33(23(3)4)53(66)40(59)35-43(9,62)17-19-49(35)37(56)30-21-28(54)22-47-51(30)36(55)26(8)52(65)38(57)29-14-13-18-46-50(29)39(32)58/h23-35,46-47,54,62-66H,11-22H2,1-10H3,(H,48,61)/t25-,26+,27+,28+,29+,30+,31+,32-,33-,34-,35+,43+,44+,45+/m0/s1/i29+1,30+1,37+1,38+1. The summed E-state index contributed by atoms with van der Waals surface area (Å²) in [4.78, 5) is 103. The Morgan fingerprint density at radius 1 is 0.882 bits per heavy atom. The lowest BCUT2D eigenvalue weighted by Crippen LogP contribution is -2.70. The first-order chi connectivity index (χ1) is 31.6. The van der Waals surface area contributed by atoms with E-state index in [9.17, 15) is 59.6 Å². The van der Waals surface area contributed by atoms with Crippen molar-refractivity contribution >= 4 is 41.4 Å². The summed E-state index contributed by atoms with van der Waals surface area (Å²) >= 11 is 0. The fourth-order valence-corrected chi connectivity index (χ4v) is 10.1. The van der Waals surface area contributed by atoms with Crippen LogP contribution in [0.4, 0.5) is 0 Å².